The van der Waals surface area contributed by atoms with Gasteiger partial charge in [0.05, 0.1) is 6.04 Å². The molecule has 178 valence electrons. The van der Waals surface area contributed by atoms with E-state index >= 15 is 0 Å². The average molecular weight is 465 g/mol. The molecule has 6 rings (SSSR count). The average Bonchev–Trinajstić information content (AvgIpc) is 3.19. The van der Waals surface area contributed by atoms with Gasteiger partial charge in [0, 0.05) is 60.6 Å². The molecule has 4 aromatic rings. The summed E-state index contributed by atoms with van der Waals surface area (Å²) in [5.74, 6) is -0.0444. The highest BCUT2D eigenvalue weighted by molar-refractivity contribution is 5.89. The normalized spacial score (nSPS) is 19.7. The number of hydrogen-bond donors (Lipinski definition) is 2. The summed E-state index contributed by atoms with van der Waals surface area (Å²) < 4.78 is 2.58. The van der Waals surface area contributed by atoms with Gasteiger partial charge in [-0.05, 0) is 60.7 Å². The van der Waals surface area contributed by atoms with Crippen molar-refractivity contribution < 1.29 is 4.79 Å². The monoisotopic (exact) mass is 464 g/mol. The minimum atomic E-state index is -0.0444. The van der Waals surface area contributed by atoms with E-state index in [0.717, 1.165) is 50.3 Å². The maximum atomic E-state index is 11.3. The quantitative estimate of drug-likeness (QED) is 0.391. The van der Waals surface area contributed by atoms with Gasteiger partial charge in [-0.1, -0.05) is 48.5 Å². The highest BCUT2D eigenvalue weighted by Crippen LogP contribution is 2.42. The van der Waals surface area contributed by atoms with Crippen molar-refractivity contribution in [1.29, 1.82) is 0 Å². The summed E-state index contributed by atoms with van der Waals surface area (Å²) in [7, 11) is 0. The lowest BCUT2D eigenvalue weighted by Gasteiger charge is -2.43. The Morgan fingerprint density at radius 3 is 2.46 bits per heavy atom. The Kier molecular flexibility index (Phi) is 5.78. The first-order chi connectivity index (χ1) is 17.2. The van der Waals surface area contributed by atoms with Crippen LogP contribution in [0, 0.1) is 0 Å². The standard InChI is InChI=1S/C30H32N4O/c1-21(35)31-23-11-13-24(14-12-23)32-25-15-17-33-18-16-27-26-9-5-6-10-28(26)34(30(27)29(33)19-25)20-22-7-3-2-4-8-22/h2-14,25,29,32H,15-20H2,1H3,(H,31,35). The predicted molar refractivity (Wildman–Crippen MR) is 143 cm³/mol. The molecule has 0 spiro atoms. The molecule has 0 bridgehead atoms. The molecule has 5 nitrogen and oxygen atoms in total. The number of benzene rings is 3. The second kappa shape index (κ2) is 9.23. The number of nitrogens with one attached hydrogen (secondary N) is 2. The molecule has 1 saturated heterocycles. The molecule has 1 aromatic heterocycles. The van der Waals surface area contributed by atoms with Gasteiger partial charge in [-0.2, -0.15) is 0 Å². The van der Waals surface area contributed by atoms with Gasteiger partial charge < -0.3 is 15.2 Å². The van der Waals surface area contributed by atoms with Gasteiger partial charge in [-0.25, -0.2) is 0 Å². The van der Waals surface area contributed by atoms with E-state index < -0.39 is 0 Å². The number of hydrogen-bond acceptors (Lipinski definition) is 3. The minimum Gasteiger partial charge on any atom is -0.382 e. The van der Waals surface area contributed by atoms with E-state index in [0.29, 0.717) is 12.1 Å². The summed E-state index contributed by atoms with van der Waals surface area (Å²) in [5.41, 5.74) is 7.69. The zero-order valence-corrected chi connectivity index (χ0v) is 20.2. The van der Waals surface area contributed by atoms with Gasteiger partial charge in [-0.3, -0.25) is 9.69 Å². The highest BCUT2D eigenvalue weighted by Gasteiger charge is 2.37. The van der Waals surface area contributed by atoms with Crippen LogP contribution in [0.15, 0.2) is 78.9 Å². The molecule has 2 N–H and O–H groups in total. The van der Waals surface area contributed by atoms with Crippen molar-refractivity contribution >= 4 is 28.2 Å². The third-order valence-electron chi connectivity index (χ3n) is 7.56. The lowest BCUT2D eigenvalue weighted by molar-refractivity contribution is -0.114. The molecule has 2 aliphatic rings. The van der Waals surface area contributed by atoms with Gasteiger partial charge in [0.2, 0.25) is 5.91 Å². The fraction of sp³-hybridized carbons (Fsp3) is 0.300. The Bertz CT molecular complexity index is 1340. The number of anilines is 2. The van der Waals surface area contributed by atoms with Crippen LogP contribution in [0.3, 0.4) is 0 Å². The van der Waals surface area contributed by atoms with Crippen molar-refractivity contribution in [3.05, 3.63) is 95.7 Å². The Morgan fingerprint density at radius 2 is 1.66 bits per heavy atom. The fourth-order valence-electron chi connectivity index (χ4n) is 6.02. The number of para-hydroxylation sites is 1. The molecule has 2 aliphatic heterocycles. The van der Waals surface area contributed by atoms with Crippen molar-refractivity contribution in [3.8, 4) is 0 Å². The van der Waals surface area contributed by atoms with E-state index in [9.17, 15) is 4.79 Å². The molecule has 1 fully saturated rings. The molecule has 2 unspecified atom stereocenters. The maximum absolute atomic E-state index is 11.3. The zero-order chi connectivity index (χ0) is 23.8. The molecule has 5 heteroatoms. The Balaban J connectivity index is 1.30. The fourth-order valence-corrected chi connectivity index (χ4v) is 6.02. The Hall–Kier alpha value is -3.57. The molecule has 0 aliphatic carbocycles. The van der Waals surface area contributed by atoms with Crippen LogP contribution in [-0.4, -0.2) is 34.5 Å². The first kappa shape index (κ1) is 21.9. The molecular weight excluding hydrogens is 432 g/mol. The summed E-state index contributed by atoms with van der Waals surface area (Å²) in [6, 6.07) is 28.7. The molecular formula is C30H32N4O. The third kappa shape index (κ3) is 4.32. The van der Waals surface area contributed by atoms with Crippen LogP contribution in [0.2, 0.25) is 0 Å². The van der Waals surface area contributed by atoms with Crippen LogP contribution in [-0.2, 0) is 17.8 Å². The van der Waals surface area contributed by atoms with Crippen molar-refractivity contribution in [2.45, 2.75) is 44.8 Å². The number of amides is 1. The Labute approximate surface area is 206 Å². The third-order valence-corrected chi connectivity index (χ3v) is 7.56. The van der Waals surface area contributed by atoms with Crippen molar-refractivity contribution in [2.75, 3.05) is 23.7 Å². The largest absolute Gasteiger partial charge is 0.382 e. The van der Waals surface area contributed by atoms with Gasteiger partial charge in [0.1, 0.15) is 0 Å². The van der Waals surface area contributed by atoms with E-state index in [1.54, 1.807) is 0 Å². The van der Waals surface area contributed by atoms with Crippen LogP contribution in [0.1, 0.15) is 42.6 Å². The van der Waals surface area contributed by atoms with Crippen LogP contribution in [0.25, 0.3) is 10.9 Å². The number of carbonyl (C=O) groups is 1. The van der Waals surface area contributed by atoms with Crippen molar-refractivity contribution in [3.63, 3.8) is 0 Å². The highest BCUT2D eigenvalue weighted by atomic mass is 16.1. The minimum absolute atomic E-state index is 0.0444. The number of rotatable bonds is 5. The lowest BCUT2D eigenvalue weighted by atomic mass is 9.88. The summed E-state index contributed by atoms with van der Waals surface area (Å²) >= 11 is 0. The molecule has 2 atom stereocenters. The number of piperidine rings is 1. The van der Waals surface area contributed by atoms with E-state index in [1.807, 2.05) is 12.1 Å². The predicted octanol–water partition coefficient (Wildman–Crippen LogP) is 5.82. The zero-order valence-electron chi connectivity index (χ0n) is 20.2. The lowest BCUT2D eigenvalue weighted by Crippen LogP contribution is -2.45. The molecule has 35 heavy (non-hydrogen) atoms. The second-order valence-electron chi connectivity index (χ2n) is 9.88. The number of aromatic nitrogens is 1. The summed E-state index contributed by atoms with van der Waals surface area (Å²) in [6.45, 7) is 4.69. The SMILES string of the molecule is CC(=O)Nc1ccc(NC2CCN3CCc4c(n(Cc5ccccc5)c5ccccc45)C3C2)cc1. The number of nitrogens with zero attached hydrogens (tertiary/aromatic N) is 2. The first-order valence-corrected chi connectivity index (χ1v) is 12.7. The van der Waals surface area contributed by atoms with E-state index in [4.69, 9.17) is 0 Å². The van der Waals surface area contributed by atoms with Gasteiger partial charge in [0.25, 0.3) is 0 Å². The molecule has 1 amide bonds. The molecule has 0 saturated carbocycles. The molecule has 3 heterocycles. The first-order valence-electron chi connectivity index (χ1n) is 12.7. The maximum Gasteiger partial charge on any atom is 0.221 e. The van der Waals surface area contributed by atoms with Crippen molar-refractivity contribution in [2.24, 2.45) is 0 Å². The van der Waals surface area contributed by atoms with Gasteiger partial charge in [0.15, 0.2) is 0 Å². The van der Waals surface area contributed by atoms with Crippen LogP contribution < -0.4 is 10.6 Å². The van der Waals surface area contributed by atoms with Gasteiger partial charge in [-0.15, -0.1) is 0 Å². The smallest absolute Gasteiger partial charge is 0.221 e. The van der Waals surface area contributed by atoms with E-state index in [2.05, 4.69) is 86.8 Å². The Morgan fingerprint density at radius 1 is 0.914 bits per heavy atom. The molecule has 0 radical (unpaired) electrons. The summed E-state index contributed by atoms with van der Waals surface area (Å²) in [4.78, 5) is 14.0. The number of carbonyl (C=O) groups excluding carboxylic acids is 1. The van der Waals surface area contributed by atoms with Crippen LogP contribution >= 0.6 is 0 Å². The van der Waals surface area contributed by atoms with Crippen LogP contribution in [0.5, 0.6) is 0 Å². The molecule has 3 aromatic carbocycles. The van der Waals surface area contributed by atoms with Crippen LogP contribution in [0.4, 0.5) is 11.4 Å². The summed E-state index contributed by atoms with van der Waals surface area (Å²) in [6.07, 6.45) is 3.35. The van der Waals surface area contributed by atoms with Crippen molar-refractivity contribution in [1.82, 2.24) is 9.47 Å². The van der Waals surface area contributed by atoms with Gasteiger partial charge >= 0.3 is 0 Å². The summed E-state index contributed by atoms with van der Waals surface area (Å²) in [5, 5.41) is 8.04. The van der Waals surface area contributed by atoms with E-state index in [-0.39, 0.29) is 5.91 Å². The van der Waals surface area contributed by atoms with E-state index in [1.165, 1.54) is 34.6 Å². The number of fused-ring (bicyclic) bond motifs is 5. The topological polar surface area (TPSA) is 49.3 Å². The second-order valence-corrected chi connectivity index (χ2v) is 9.88.